The van der Waals surface area contributed by atoms with Gasteiger partial charge in [-0.05, 0) is 25.1 Å². The highest BCUT2D eigenvalue weighted by Crippen LogP contribution is 2.18. The van der Waals surface area contributed by atoms with E-state index in [-0.39, 0.29) is 18.1 Å². The van der Waals surface area contributed by atoms with Crippen molar-refractivity contribution in [2.45, 2.75) is 19.5 Å². The number of halogens is 2. The third kappa shape index (κ3) is 3.27. The lowest BCUT2D eigenvalue weighted by Gasteiger charge is -2.15. The van der Waals surface area contributed by atoms with Crippen molar-refractivity contribution in [2.75, 3.05) is 0 Å². The summed E-state index contributed by atoms with van der Waals surface area (Å²) in [7, 11) is 0. The van der Waals surface area contributed by atoms with E-state index in [0.717, 1.165) is 6.07 Å². The molecular formula is C17H15F2N3O. The minimum absolute atomic E-state index is 0.215. The second-order valence-corrected chi connectivity index (χ2v) is 5.30. The topological polar surface area (TPSA) is 57.8 Å². The molecule has 118 valence electrons. The predicted octanol–water partition coefficient (Wildman–Crippen LogP) is 3.05. The second-order valence-electron chi connectivity index (χ2n) is 5.30. The summed E-state index contributed by atoms with van der Waals surface area (Å²) >= 11 is 0. The van der Waals surface area contributed by atoms with Gasteiger partial charge in [-0.15, -0.1) is 0 Å². The summed E-state index contributed by atoms with van der Waals surface area (Å²) in [6, 6.07) is 10.2. The highest BCUT2D eigenvalue weighted by atomic mass is 19.1. The van der Waals surface area contributed by atoms with E-state index in [1.807, 2.05) is 6.07 Å². The second kappa shape index (κ2) is 6.26. The Morgan fingerprint density at radius 3 is 2.78 bits per heavy atom. The minimum Gasteiger partial charge on any atom is -0.309 e. The molecule has 3 aromatic rings. The lowest BCUT2D eigenvalue weighted by Crippen LogP contribution is -2.23. The van der Waals surface area contributed by atoms with Crippen LogP contribution in [0.2, 0.25) is 0 Å². The number of benzene rings is 2. The molecule has 0 aliphatic heterocycles. The van der Waals surface area contributed by atoms with E-state index in [0.29, 0.717) is 22.3 Å². The number of hydrogen-bond donors (Lipinski definition) is 2. The van der Waals surface area contributed by atoms with Crippen LogP contribution in [0.1, 0.15) is 24.4 Å². The molecular weight excluding hydrogens is 300 g/mol. The van der Waals surface area contributed by atoms with E-state index in [4.69, 9.17) is 0 Å². The molecule has 2 N–H and O–H groups in total. The summed E-state index contributed by atoms with van der Waals surface area (Å²) in [5.41, 5.74) is 0.746. The van der Waals surface area contributed by atoms with E-state index in [9.17, 15) is 13.6 Å². The molecule has 0 aliphatic rings. The fourth-order valence-corrected chi connectivity index (χ4v) is 2.43. The van der Waals surface area contributed by atoms with Crippen molar-refractivity contribution in [1.29, 1.82) is 0 Å². The van der Waals surface area contributed by atoms with Gasteiger partial charge in [-0.25, -0.2) is 13.8 Å². The first-order chi connectivity index (χ1) is 11.0. The van der Waals surface area contributed by atoms with E-state index in [2.05, 4.69) is 15.3 Å². The van der Waals surface area contributed by atoms with Gasteiger partial charge >= 0.3 is 0 Å². The number of nitrogens with zero attached hydrogens (tertiary/aromatic N) is 1. The maximum Gasteiger partial charge on any atom is 0.258 e. The van der Waals surface area contributed by atoms with Gasteiger partial charge in [0.25, 0.3) is 5.56 Å². The van der Waals surface area contributed by atoms with Crippen LogP contribution in [0.3, 0.4) is 0 Å². The molecule has 0 aliphatic carbocycles. The Labute approximate surface area is 131 Å². The monoisotopic (exact) mass is 315 g/mol. The quantitative estimate of drug-likeness (QED) is 0.778. The molecule has 4 nitrogen and oxygen atoms in total. The Balaban J connectivity index is 1.79. The highest BCUT2D eigenvalue weighted by molar-refractivity contribution is 5.77. The fourth-order valence-electron chi connectivity index (χ4n) is 2.43. The van der Waals surface area contributed by atoms with Crippen molar-refractivity contribution >= 4 is 10.9 Å². The fraction of sp³-hybridized carbons (Fsp3) is 0.176. The maximum absolute atomic E-state index is 13.7. The molecule has 1 heterocycles. The van der Waals surface area contributed by atoms with Crippen LogP contribution in [0, 0.1) is 11.6 Å². The van der Waals surface area contributed by atoms with E-state index < -0.39 is 11.6 Å². The van der Waals surface area contributed by atoms with Crippen LogP contribution in [-0.4, -0.2) is 9.97 Å². The molecule has 0 spiro atoms. The van der Waals surface area contributed by atoms with Crippen molar-refractivity contribution in [2.24, 2.45) is 0 Å². The molecule has 0 saturated heterocycles. The number of para-hydroxylation sites is 1. The summed E-state index contributed by atoms with van der Waals surface area (Å²) in [5, 5.41) is 3.59. The van der Waals surface area contributed by atoms with Crippen LogP contribution in [0.5, 0.6) is 0 Å². The van der Waals surface area contributed by atoms with Gasteiger partial charge in [0.05, 0.1) is 17.4 Å². The first-order valence-corrected chi connectivity index (χ1v) is 7.21. The number of fused-ring (bicyclic) bond motifs is 1. The molecule has 0 fully saturated rings. The Morgan fingerprint density at radius 1 is 1.22 bits per heavy atom. The SMILES string of the molecule is C[C@@H](NCc1nc2ccccc2c(=O)[nH]1)c1ccc(F)cc1F. The van der Waals surface area contributed by atoms with Gasteiger partial charge in [0.2, 0.25) is 0 Å². The molecule has 0 unspecified atom stereocenters. The zero-order valence-corrected chi connectivity index (χ0v) is 12.4. The molecule has 1 atom stereocenters. The molecule has 3 rings (SSSR count). The van der Waals surface area contributed by atoms with Gasteiger partial charge in [-0.2, -0.15) is 0 Å². The smallest absolute Gasteiger partial charge is 0.258 e. The Hall–Kier alpha value is -2.60. The summed E-state index contributed by atoms with van der Waals surface area (Å²) < 4.78 is 26.7. The molecule has 2 aromatic carbocycles. The largest absolute Gasteiger partial charge is 0.309 e. The van der Waals surface area contributed by atoms with Gasteiger partial charge < -0.3 is 10.3 Å². The Kier molecular flexibility index (Phi) is 4.16. The van der Waals surface area contributed by atoms with Crippen molar-refractivity contribution in [3.8, 4) is 0 Å². The predicted molar refractivity (Wildman–Crippen MR) is 84.0 cm³/mol. The summed E-state index contributed by atoms with van der Waals surface area (Å²) in [5.74, 6) is -0.757. The molecule has 6 heteroatoms. The lowest BCUT2D eigenvalue weighted by molar-refractivity contribution is 0.511. The Bertz CT molecular complexity index is 908. The highest BCUT2D eigenvalue weighted by Gasteiger charge is 2.12. The average molecular weight is 315 g/mol. The summed E-state index contributed by atoms with van der Waals surface area (Å²) in [6.45, 7) is 2.02. The van der Waals surface area contributed by atoms with E-state index in [1.54, 1.807) is 25.1 Å². The summed E-state index contributed by atoms with van der Waals surface area (Å²) in [6.07, 6.45) is 0. The maximum atomic E-state index is 13.7. The van der Waals surface area contributed by atoms with Gasteiger partial charge in [-0.3, -0.25) is 4.79 Å². The van der Waals surface area contributed by atoms with Crippen LogP contribution in [0.15, 0.2) is 47.3 Å². The molecule has 1 aromatic heterocycles. The first kappa shape index (κ1) is 15.3. The average Bonchev–Trinajstić information content (AvgIpc) is 2.53. The van der Waals surface area contributed by atoms with Gasteiger partial charge in [0, 0.05) is 17.7 Å². The molecule has 0 amide bonds. The number of nitrogens with one attached hydrogen (secondary N) is 2. The number of H-pyrrole nitrogens is 1. The number of hydrogen-bond acceptors (Lipinski definition) is 3. The third-order valence-electron chi connectivity index (χ3n) is 3.67. The van der Waals surface area contributed by atoms with E-state index >= 15 is 0 Å². The summed E-state index contributed by atoms with van der Waals surface area (Å²) in [4.78, 5) is 19.0. The first-order valence-electron chi connectivity index (χ1n) is 7.21. The Morgan fingerprint density at radius 2 is 2.00 bits per heavy atom. The zero-order valence-electron chi connectivity index (χ0n) is 12.4. The van der Waals surface area contributed by atoms with Crippen LogP contribution in [0.4, 0.5) is 8.78 Å². The third-order valence-corrected chi connectivity index (χ3v) is 3.67. The van der Waals surface area contributed by atoms with Crippen LogP contribution >= 0.6 is 0 Å². The molecule has 0 radical (unpaired) electrons. The van der Waals surface area contributed by atoms with Gasteiger partial charge in [0.1, 0.15) is 17.5 Å². The molecule has 0 bridgehead atoms. The zero-order chi connectivity index (χ0) is 16.4. The molecule has 23 heavy (non-hydrogen) atoms. The lowest BCUT2D eigenvalue weighted by atomic mass is 10.1. The molecule has 0 saturated carbocycles. The van der Waals surface area contributed by atoms with Crippen molar-refractivity contribution in [1.82, 2.24) is 15.3 Å². The van der Waals surface area contributed by atoms with Crippen molar-refractivity contribution < 1.29 is 8.78 Å². The van der Waals surface area contributed by atoms with Crippen LogP contribution in [0.25, 0.3) is 10.9 Å². The van der Waals surface area contributed by atoms with Crippen molar-refractivity contribution in [3.05, 3.63) is 75.8 Å². The van der Waals surface area contributed by atoms with Crippen molar-refractivity contribution in [3.63, 3.8) is 0 Å². The standard InChI is InChI=1S/C17H15F2N3O/c1-10(12-7-6-11(18)8-14(12)19)20-9-16-21-15-5-3-2-4-13(15)17(23)22-16/h2-8,10,20H,9H2,1H3,(H,21,22,23)/t10-/m1/s1. The van der Waals surface area contributed by atoms with Crippen LogP contribution < -0.4 is 10.9 Å². The number of aromatic nitrogens is 2. The number of rotatable bonds is 4. The number of aromatic amines is 1. The van der Waals surface area contributed by atoms with Gasteiger partial charge in [0.15, 0.2) is 0 Å². The van der Waals surface area contributed by atoms with Crippen LogP contribution in [-0.2, 0) is 6.54 Å². The normalized spacial score (nSPS) is 12.5. The van der Waals surface area contributed by atoms with E-state index in [1.165, 1.54) is 12.1 Å². The minimum atomic E-state index is -0.612. The van der Waals surface area contributed by atoms with Gasteiger partial charge in [-0.1, -0.05) is 18.2 Å².